The third kappa shape index (κ3) is 4.16. The lowest BCUT2D eigenvalue weighted by Crippen LogP contribution is -2.47. The van der Waals surface area contributed by atoms with Crippen LogP contribution in [0.3, 0.4) is 0 Å². The first-order chi connectivity index (χ1) is 17.5. The molecule has 0 bridgehead atoms. The SMILES string of the molecule is C[C@H]1Cn2ncc(C(=O)Nc3cccc(C#N)c3)c2C(=O)N1c1ccc(CNC2CC3CC3C2)cc1. The largest absolute Gasteiger partial charge is 0.322 e. The van der Waals surface area contributed by atoms with Crippen LogP contribution in [0.4, 0.5) is 11.4 Å². The number of carbonyl (C=O) groups excluding carboxylic acids is 2. The Hall–Kier alpha value is -3.96. The predicted octanol–water partition coefficient (Wildman–Crippen LogP) is 3.94. The molecule has 8 nitrogen and oxygen atoms in total. The Morgan fingerprint density at radius 1 is 1.14 bits per heavy atom. The molecule has 3 atom stereocenters. The average Bonchev–Trinajstić information content (AvgIpc) is 3.27. The molecular formula is C28H28N6O2. The highest BCUT2D eigenvalue weighted by molar-refractivity contribution is 6.15. The van der Waals surface area contributed by atoms with Crippen molar-refractivity contribution in [3.63, 3.8) is 0 Å². The molecule has 2 aromatic carbocycles. The van der Waals surface area contributed by atoms with E-state index in [-0.39, 0.29) is 23.2 Å². The Kier molecular flexibility index (Phi) is 5.57. The van der Waals surface area contributed by atoms with Crippen LogP contribution in [0, 0.1) is 23.2 Å². The summed E-state index contributed by atoms with van der Waals surface area (Å²) in [6.45, 7) is 3.31. The van der Waals surface area contributed by atoms with Crippen molar-refractivity contribution in [2.75, 3.05) is 10.2 Å². The Morgan fingerprint density at radius 3 is 2.67 bits per heavy atom. The number of fused-ring (bicyclic) bond motifs is 2. The van der Waals surface area contributed by atoms with Crippen LogP contribution in [0.1, 0.15) is 58.2 Å². The molecule has 0 spiro atoms. The van der Waals surface area contributed by atoms with E-state index < -0.39 is 5.91 Å². The first-order valence-electron chi connectivity index (χ1n) is 12.5. The smallest absolute Gasteiger partial charge is 0.277 e. The van der Waals surface area contributed by atoms with Crippen LogP contribution in [-0.2, 0) is 13.1 Å². The number of hydrogen-bond donors (Lipinski definition) is 2. The average molecular weight is 481 g/mol. The fourth-order valence-electron chi connectivity index (χ4n) is 5.72. The second-order valence-electron chi connectivity index (χ2n) is 10.2. The molecule has 2 saturated carbocycles. The monoisotopic (exact) mass is 480 g/mol. The summed E-state index contributed by atoms with van der Waals surface area (Å²) in [6.07, 6.45) is 5.46. The highest BCUT2D eigenvalue weighted by Crippen LogP contribution is 2.51. The zero-order chi connectivity index (χ0) is 24.8. The molecule has 1 aliphatic heterocycles. The van der Waals surface area contributed by atoms with Crippen molar-refractivity contribution >= 4 is 23.2 Å². The van der Waals surface area contributed by atoms with E-state index in [0.717, 1.165) is 24.1 Å². The Bertz CT molecular complexity index is 1360. The van der Waals surface area contributed by atoms with E-state index in [4.69, 9.17) is 5.26 Å². The lowest BCUT2D eigenvalue weighted by molar-refractivity contribution is 0.0933. The molecule has 36 heavy (non-hydrogen) atoms. The van der Waals surface area contributed by atoms with Crippen molar-refractivity contribution in [3.05, 3.63) is 77.1 Å². The van der Waals surface area contributed by atoms with E-state index in [2.05, 4.69) is 33.9 Å². The van der Waals surface area contributed by atoms with Crippen molar-refractivity contribution in [1.29, 1.82) is 5.26 Å². The predicted molar refractivity (Wildman–Crippen MR) is 136 cm³/mol. The first kappa shape index (κ1) is 22.5. The number of hydrogen-bond acceptors (Lipinski definition) is 5. The minimum Gasteiger partial charge on any atom is -0.322 e. The first-order valence-corrected chi connectivity index (χ1v) is 12.5. The van der Waals surface area contributed by atoms with Gasteiger partial charge in [-0.05, 0) is 73.9 Å². The van der Waals surface area contributed by atoms with Crippen LogP contribution in [0.15, 0.2) is 54.7 Å². The van der Waals surface area contributed by atoms with E-state index in [1.165, 1.54) is 31.0 Å². The van der Waals surface area contributed by atoms with Gasteiger partial charge in [-0.2, -0.15) is 10.4 Å². The molecule has 3 aliphatic rings. The third-order valence-corrected chi connectivity index (χ3v) is 7.69. The van der Waals surface area contributed by atoms with Gasteiger partial charge in [0, 0.05) is 24.0 Å². The molecule has 0 saturated heterocycles. The Morgan fingerprint density at radius 2 is 1.92 bits per heavy atom. The Balaban J connectivity index is 1.17. The van der Waals surface area contributed by atoms with Crippen molar-refractivity contribution in [2.45, 2.75) is 51.4 Å². The van der Waals surface area contributed by atoms with Crippen LogP contribution < -0.4 is 15.5 Å². The molecule has 8 heteroatoms. The van der Waals surface area contributed by atoms with Crippen LogP contribution in [0.2, 0.25) is 0 Å². The van der Waals surface area contributed by atoms with Crippen molar-refractivity contribution in [3.8, 4) is 6.07 Å². The van der Waals surface area contributed by atoms with Crippen molar-refractivity contribution < 1.29 is 9.59 Å². The number of nitrogens with zero attached hydrogens (tertiary/aromatic N) is 4. The maximum absolute atomic E-state index is 13.6. The second-order valence-corrected chi connectivity index (χ2v) is 10.2. The van der Waals surface area contributed by atoms with Crippen LogP contribution >= 0.6 is 0 Å². The van der Waals surface area contributed by atoms with Gasteiger partial charge in [-0.3, -0.25) is 14.3 Å². The number of rotatable bonds is 6. The molecule has 2 heterocycles. The van der Waals surface area contributed by atoms with Crippen molar-refractivity contribution in [1.82, 2.24) is 15.1 Å². The van der Waals surface area contributed by atoms with Gasteiger partial charge < -0.3 is 15.5 Å². The van der Waals surface area contributed by atoms with Gasteiger partial charge in [-0.1, -0.05) is 18.2 Å². The number of benzene rings is 2. The van der Waals surface area contributed by atoms with Gasteiger partial charge in [0.15, 0.2) is 0 Å². The lowest BCUT2D eigenvalue weighted by atomic mass is 10.1. The van der Waals surface area contributed by atoms with Gasteiger partial charge in [0.05, 0.1) is 36.0 Å². The van der Waals surface area contributed by atoms with Gasteiger partial charge >= 0.3 is 0 Å². The highest BCUT2D eigenvalue weighted by atomic mass is 16.2. The summed E-state index contributed by atoms with van der Waals surface area (Å²) in [5, 5.41) is 19.9. The summed E-state index contributed by atoms with van der Waals surface area (Å²) in [4.78, 5) is 28.4. The molecule has 2 fully saturated rings. The number of anilines is 2. The van der Waals surface area contributed by atoms with Gasteiger partial charge in [0.2, 0.25) is 0 Å². The molecule has 2 aliphatic carbocycles. The minimum atomic E-state index is -0.430. The third-order valence-electron chi connectivity index (χ3n) is 7.69. The molecule has 0 radical (unpaired) electrons. The summed E-state index contributed by atoms with van der Waals surface area (Å²) in [7, 11) is 0. The molecular weight excluding hydrogens is 452 g/mol. The summed E-state index contributed by atoms with van der Waals surface area (Å²) < 4.78 is 1.61. The zero-order valence-electron chi connectivity index (χ0n) is 20.1. The molecule has 2 amide bonds. The minimum absolute atomic E-state index is 0.109. The van der Waals surface area contributed by atoms with E-state index in [9.17, 15) is 9.59 Å². The fourth-order valence-corrected chi connectivity index (χ4v) is 5.72. The molecule has 2 unspecified atom stereocenters. The lowest BCUT2D eigenvalue weighted by Gasteiger charge is -2.34. The van der Waals surface area contributed by atoms with E-state index in [1.54, 1.807) is 33.8 Å². The second kappa shape index (κ2) is 8.92. The van der Waals surface area contributed by atoms with Crippen molar-refractivity contribution in [2.24, 2.45) is 11.8 Å². The molecule has 6 rings (SSSR count). The fraction of sp³-hybridized carbons (Fsp3) is 0.357. The van der Waals surface area contributed by atoms with Crippen LogP contribution in [0.5, 0.6) is 0 Å². The number of nitrogens with one attached hydrogen (secondary N) is 2. The van der Waals surface area contributed by atoms with Gasteiger partial charge in [0.1, 0.15) is 5.69 Å². The molecule has 3 aromatic rings. The summed E-state index contributed by atoms with van der Waals surface area (Å²) in [5.41, 5.74) is 3.42. The maximum Gasteiger partial charge on any atom is 0.277 e. The standard InChI is InChI=1S/C28H28N6O2/c1-17-16-33-26(25(15-31-33)27(35)32-22-4-2-3-19(9-22)13-29)28(36)34(17)24-7-5-18(6-8-24)14-30-23-11-20-10-21(20)12-23/h2-9,15,17,20-21,23,30H,10-12,14,16H2,1H3,(H,32,35)/t17-,20?,21?,23?/m0/s1. The van der Waals surface area contributed by atoms with E-state index >= 15 is 0 Å². The topological polar surface area (TPSA) is 103 Å². The van der Waals surface area contributed by atoms with Gasteiger partial charge in [0.25, 0.3) is 11.8 Å². The maximum atomic E-state index is 13.6. The summed E-state index contributed by atoms with van der Waals surface area (Å²) >= 11 is 0. The zero-order valence-corrected chi connectivity index (χ0v) is 20.1. The molecule has 1 aromatic heterocycles. The van der Waals surface area contributed by atoms with E-state index in [1.807, 2.05) is 19.1 Å². The molecule has 182 valence electrons. The molecule has 2 N–H and O–H groups in total. The summed E-state index contributed by atoms with van der Waals surface area (Å²) in [6, 6.07) is 17.3. The van der Waals surface area contributed by atoms with E-state index in [0.29, 0.717) is 23.8 Å². The van der Waals surface area contributed by atoms with Gasteiger partial charge in [-0.25, -0.2) is 0 Å². The Labute approximate surface area is 209 Å². The van der Waals surface area contributed by atoms with Crippen LogP contribution in [0.25, 0.3) is 0 Å². The summed E-state index contributed by atoms with van der Waals surface area (Å²) in [5.74, 6) is 1.23. The normalized spacial score (nSPS) is 24.1. The number of carbonyl (C=O) groups is 2. The van der Waals surface area contributed by atoms with Gasteiger partial charge in [-0.15, -0.1) is 0 Å². The highest BCUT2D eigenvalue weighted by Gasteiger charge is 2.45. The quantitative estimate of drug-likeness (QED) is 0.556. The number of aromatic nitrogens is 2. The number of amides is 2. The number of nitriles is 1. The van der Waals surface area contributed by atoms with Crippen LogP contribution in [-0.4, -0.2) is 33.7 Å².